The van der Waals surface area contributed by atoms with Crippen LogP contribution in [0.25, 0.3) is 5.76 Å². The Morgan fingerprint density at radius 3 is 2.69 bits per heavy atom. The number of anilines is 1. The smallest absolute Gasteiger partial charge is 0.301 e. The molecule has 3 aromatic carbocycles. The number of benzene rings is 3. The molecule has 12 heteroatoms. The molecule has 1 unspecified atom stereocenters. The number of amides is 1. The van der Waals surface area contributed by atoms with Crippen molar-refractivity contribution in [2.24, 2.45) is 0 Å². The van der Waals surface area contributed by atoms with Crippen LogP contribution < -0.4 is 19.1 Å². The number of aliphatic hydroxyl groups is 1. The lowest BCUT2D eigenvalue weighted by Gasteiger charge is -2.23. The maximum Gasteiger partial charge on any atom is 0.301 e. The van der Waals surface area contributed by atoms with Crippen LogP contribution in [0.5, 0.6) is 17.2 Å². The Kier molecular flexibility index (Phi) is 9.58. The molecule has 3 heterocycles. The molecule has 232 valence electrons. The fourth-order valence-electron chi connectivity index (χ4n) is 5.12. The zero-order valence-corrected chi connectivity index (χ0v) is 26.8. The third-order valence-corrected chi connectivity index (χ3v) is 9.83. The molecule has 0 aliphatic carbocycles. The molecule has 1 amide bonds. The van der Waals surface area contributed by atoms with Crippen LogP contribution in [0.1, 0.15) is 48.9 Å². The number of hydrogen-bond donors (Lipinski definition) is 1. The molecule has 0 spiro atoms. The fraction of sp³-hybridized carbons (Fsp3) is 0.273. The van der Waals surface area contributed by atoms with Crippen molar-refractivity contribution < 1.29 is 28.9 Å². The van der Waals surface area contributed by atoms with Crippen molar-refractivity contribution in [2.75, 3.05) is 24.7 Å². The van der Waals surface area contributed by atoms with Gasteiger partial charge in [0.2, 0.25) is 5.13 Å². The van der Waals surface area contributed by atoms with Crippen LogP contribution in [-0.2, 0) is 15.3 Å². The SMILES string of the molecule is CCCCCOc1cccc(C2/C(=C(\O)c3ccc4c(c3)OCCO4)C(=O)C(=O)N2c2nnc(SCc3ccccc3Cl)s2)c1. The van der Waals surface area contributed by atoms with E-state index in [-0.39, 0.29) is 16.5 Å². The molecule has 0 bridgehead atoms. The molecule has 2 aliphatic heterocycles. The van der Waals surface area contributed by atoms with Crippen molar-refractivity contribution in [3.63, 3.8) is 0 Å². The Bertz CT molecular complexity index is 1760. The average molecular weight is 664 g/mol. The predicted octanol–water partition coefficient (Wildman–Crippen LogP) is 7.45. The molecule has 1 saturated heterocycles. The molecule has 0 radical (unpaired) electrons. The van der Waals surface area contributed by atoms with E-state index in [1.807, 2.05) is 30.3 Å². The summed E-state index contributed by atoms with van der Waals surface area (Å²) in [5.41, 5.74) is 1.78. The minimum atomic E-state index is -0.980. The quantitative estimate of drug-likeness (QED) is 0.0437. The zero-order valence-electron chi connectivity index (χ0n) is 24.4. The molecule has 1 aromatic heterocycles. The monoisotopic (exact) mass is 663 g/mol. The number of nitrogens with zero attached hydrogens (tertiary/aromatic N) is 3. The van der Waals surface area contributed by atoms with E-state index in [0.29, 0.717) is 63.3 Å². The van der Waals surface area contributed by atoms with Gasteiger partial charge in [-0.25, -0.2) is 0 Å². The highest BCUT2D eigenvalue weighted by atomic mass is 35.5. The van der Waals surface area contributed by atoms with Crippen molar-refractivity contribution in [3.05, 3.63) is 94.0 Å². The molecule has 4 aromatic rings. The van der Waals surface area contributed by atoms with Gasteiger partial charge < -0.3 is 19.3 Å². The third-order valence-electron chi connectivity index (χ3n) is 7.36. The number of halogens is 1. The van der Waals surface area contributed by atoms with Crippen molar-refractivity contribution in [3.8, 4) is 17.2 Å². The number of fused-ring (bicyclic) bond motifs is 1. The number of carbonyl (C=O) groups excluding carboxylic acids is 2. The van der Waals surface area contributed by atoms with Crippen LogP contribution in [0.2, 0.25) is 5.02 Å². The van der Waals surface area contributed by atoms with Gasteiger partial charge >= 0.3 is 5.91 Å². The lowest BCUT2D eigenvalue weighted by atomic mass is 9.95. The number of ketones is 1. The summed E-state index contributed by atoms with van der Waals surface area (Å²) in [6.45, 7) is 3.44. The highest BCUT2D eigenvalue weighted by Gasteiger charge is 2.48. The number of unbranched alkanes of at least 4 members (excludes halogenated alkanes) is 2. The van der Waals surface area contributed by atoms with E-state index >= 15 is 0 Å². The normalized spacial score (nSPS) is 17.1. The van der Waals surface area contributed by atoms with Gasteiger partial charge in [-0.2, -0.15) is 0 Å². The number of Topliss-reactive ketones (excluding diaryl/α,β-unsaturated/α-hetero) is 1. The second kappa shape index (κ2) is 13.9. The predicted molar refractivity (Wildman–Crippen MR) is 175 cm³/mol. The number of rotatable bonds is 11. The molecule has 0 saturated carbocycles. The Labute approximate surface area is 273 Å². The first kappa shape index (κ1) is 30.9. The van der Waals surface area contributed by atoms with Crippen LogP contribution in [0, 0.1) is 0 Å². The summed E-state index contributed by atoms with van der Waals surface area (Å²) in [6, 6.07) is 18.7. The topological polar surface area (TPSA) is 111 Å². The van der Waals surface area contributed by atoms with Crippen LogP contribution in [-0.4, -0.2) is 46.8 Å². The molecule has 1 atom stereocenters. The van der Waals surface area contributed by atoms with E-state index in [2.05, 4.69) is 17.1 Å². The Hall–Kier alpha value is -4.06. The van der Waals surface area contributed by atoms with E-state index in [0.717, 1.165) is 24.8 Å². The minimum Gasteiger partial charge on any atom is -0.507 e. The first-order valence-electron chi connectivity index (χ1n) is 14.6. The van der Waals surface area contributed by atoms with Gasteiger partial charge in [-0.1, -0.05) is 84.8 Å². The van der Waals surface area contributed by atoms with Gasteiger partial charge in [0.25, 0.3) is 5.78 Å². The van der Waals surface area contributed by atoms with Gasteiger partial charge in [-0.15, -0.1) is 10.2 Å². The van der Waals surface area contributed by atoms with Crippen LogP contribution in [0.4, 0.5) is 5.13 Å². The molecule has 2 aliphatic rings. The summed E-state index contributed by atoms with van der Waals surface area (Å²) in [7, 11) is 0. The number of aromatic nitrogens is 2. The number of hydrogen-bond acceptors (Lipinski definition) is 10. The summed E-state index contributed by atoms with van der Waals surface area (Å²) in [5.74, 6) is 0.167. The summed E-state index contributed by atoms with van der Waals surface area (Å²) >= 11 is 8.95. The van der Waals surface area contributed by atoms with E-state index in [9.17, 15) is 14.7 Å². The lowest BCUT2D eigenvalue weighted by molar-refractivity contribution is -0.132. The first-order chi connectivity index (χ1) is 21.9. The number of thioether (sulfide) groups is 1. The van der Waals surface area contributed by atoms with E-state index < -0.39 is 17.7 Å². The van der Waals surface area contributed by atoms with Crippen molar-refractivity contribution in [1.82, 2.24) is 10.2 Å². The maximum atomic E-state index is 13.7. The number of carbonyl (C=O) groups is 2. The summed E-state index contributed by atoms with van der Waals surface area (Å²) in [6.07, 6.45) is 3.02. The zero-order chi connectivity index (χ0) is 31.3. The molecule has 1 fully saturated rings. The molecule has 1 N–H and O–H groups in total. The maximum absolute atomic E-state index is 13.7. The van der Waals surface area contributed by atoms with Crippen LogP contribution in [0.3, 0.4) is 0 Å². The van der Waals surface area contributed by atoms with E-state index in [4.69, 9.17) is 25.8 Å². The van der Waals surface area contributed by atoms with Gasteiger partial charge in [0.15, 0.2) is 15.8 Å². The van der Waals surface area contributed by atoms with Crippen molar-refractivity contribution >= 4 is 57.3 Å². The minimum absolute atomic E-state index is 0.0692. The van der Waals surface area contributed by atoms with E-state index in [1.165, 1.54) is 28.0 Å². The van der Waals surface area contributed by atoms with Crippen LogP contribution in [0.15, 0.2) is 76.6 Å². The molecular weight excluding hydrogens is 634 g/mol. The van der Waals surface area contributed by atoms with Gasteiger partial charge in [-0.3, -0.25) is 14.5 Å². The van der Waals surface area contributed by atoms with Gasteiger partial charge in [0, 0.05) is 16.3 Å². The molecule has 45 heavy (non-hydrogen) atoms. The lowest BCUT2D eigenvalue weighted by Crippen LogP contribution is -2.29. The standard InChI is InChI=1S/C33H30ClN3O6S2/c1-2-3-6-14-41-23-10-7-9-20(17-23)28-27(29(38)21-12-13-25-26(18-21)43-16-15-42-25)30(39)31(40)37(28)32-35-36-33(45-32)44-19-22-8-4-5-11-24(22)34/h4-5,7-13,17-18,28,38H,2-3,6,14-16,19H2,1H3/b29-27+. The second-order valence-corrected chi connectivity index (χ2v) is 13.0. The van der Waals surface area contributed by atoms with Gasteiger partial charge in [-0.05, 0) is 53.9 Å². The van der Waals surface area contributed by atoms with Gasteiger partial charge in [0.1, 0.15) is 24.7 Å². The summed E-state index contributed by atoms with van der Waals surface area (Å²) in [4.78, 5) is 28.7. The summed E-state index contributed by atoms with van der Waals surface area (Å²) in [5, 5.41) is 21.1. The van der Waals surface area contributed by atoms with Gasteiger partial charge in [0.05, 0.1) is 18.2 Å². The number of aliphatic hydroxyl groups excluding tert-OH is 1. The molecule has 9 nitrogen and oxygen atoms in total. The summed E-state index contributed by atoms with van der Waals surface area (Å²) < 4.78 is 17.9. The average Bonchev–Trinajstić information content (AvgIpc) is 3.64. The second-order valence-electron chi connectivity index (χ2n) is 10.4. The van der Waals surface area contributed by atoms with Crippen molar-refractivity contribution in [2.45, 2.75) is 42.3 Å². The third kappa shape index (κ3) is 6.66. The Morgan fingerprint density at radius 1 is 1.04 bits per heavy atom. The van der Waals surface area contributed by atoms with E-state index in [1.54, 1.807) is 36.4 Å². The Morgan fingerprint density at radius 2 is 1.87 bits per heavy atom. The Balaban J connectivity index is 1.38. The van der Waals surface area contributed by atoms with Crippen molar-refractivity contribution in [1.29, 1.82) is 0 Å². The highest BCUT2D eigenvalue weighted by molar-refractivity contribution is 8.00. The largest absolute Gasteiger partial charge is 0.507 e. The van der Waals surface area contributed by atoms with Crippen LogP contribution >= 0.6 is 34.7 Å². The highest BCUT2D eigenvalue weighted by Crippen LogP contribution is 2.45. The fourth-order valence-corrected chi connectivity index (χ4v) is 7.27. The molecule has 6 rings (SSSR count). The molecular formula is C33H30ClN3O6S2. The first-order valence-corrected chi connectivity index (χ1v) is 16.8. The number of ether oxygens (including phenoxy) is 3.